The van der Waals surface area contributed by atoms with E-state index in [9.17, 15) is 4.57 Å². The molecule has 0 radical (unpaired) electrons. The zero-order valence-electron chi connectivity index (χ0n) is 11.5. The van der Waals surface area contributed by atoms with Crippen LogP contribution in [-0.2, 0) is 18.1 Å². The van der Waals surface area contributed by atoms with Gasteiger partial charge in [-0.25, -0.2) is 4.57 Å². The van der Waals surface area contributed by atoms with Crippen LogP contribution in [0.5, 0.6) is 0 Å². The Hall–Kier alpha value is 1.56. The third-order valence-electron chi connectivity index (χ3n) is 1.89. The van der Waals surface area contributed by atoms with Gasteiger partial charge in [0.25, 0.3) is 0 Å². The van der Waals surface area contributed by atoms with Crippen molar-refractivity contribution in [3.63, 3.8) is 0 Å². The fourth-order valence-corrected chi connectivity index (χ4v) is 3.21. The molecule has 0 saturated heterocycles. The fraction of sp³-hybridized carbons (Fsp3) is 1.00. The summed E-state index contributed by atoms with van der Waals surface area (Å²) in [6.07, 6.45) is 0. The van der Waals surface area contributed by atoms with E-state index in [0.29, 0.717) is 0 Å². The summed E-state index contributed by atoms with van der Waals surface area (Å²) < 4.78 is 26.0. The van der Waals surface area contributed by atoms with Gasteiger partial charge in [0.1, 0.15) is 17.7 Å². The molecule has 0 fully saturated rings. The molecule has 0 rings (SSSR count). The quantitative estimate of drug-likeness (QED) is 0.366. The van der Waals surface area contributed by atoms with Crippen LogP contribution in [0.4, 0.5) is 0 Å². The second-order valence-corrected chi connectivity index (χ2v) is 9.69. The number of rotatable bonds is 8. The lowest BCUT2D eigenvalue weighted by atomic mass is 10.2. The Morgan fingerprint density at radius 1 is 0.950 bits per heavy atom. The molecule has 10 heteroatoms. The van der Waals surface area contributed by atoms with Gasteiger partial charge < -0.3 is 0 Å². The standard InChI is InChI=1S/C10H18Cl5O4P/c1-6(2)8(11)18-20(16,17-5-10(13,14)15)19-9(12)7(3)4/h6-9H,5H2,1-4H3/t8-,9-/m0/s1. The van der Waals surface area contributed by atoms with Crippen molar-refractivity contribution < 1.29 is 18.1 Å². The zero-order chi connectivity index (χ0) is 16.1. The number of alkyl halides is 5. The van der Waals surface area contributed by atoms with Crippen LogP contribution in [0, 0.1) is 11.8 Å². The van der Waals surface area contributed by atoms with E-state index in [1.54, 1.807) is 27.7 Å². The zero-order valence-corrected chi connectivity index (χ0v) is 16.2. The monoisotopic (exact) mass is 408 g/mol. The predicted molar refractivity (Wildman–Crippen MR) is 85.0 cm³/mol. The highest BCUT2D eigenvalue weighted by Crippen LogP contribution is 2.55. The van der Waals surface area contributed by atoms with E-state index in [4.69, 9.17) is 71.6 Å². The van der Waals surface area contributed by atoms with Crippen molar-refractivity contribution in [2.75, 3.05) is 6.61 Å². The lowest BCUT2D eigenvalue weighted by Crippen LogP contribution is -2.20. The molecule has 0 spiro atoms. The van der Waals surface area contributed by atoms with Crippen LogP contribution in [0.25, 0.3) is 0 Å². The summed E-state index contributed by atoms with van der Waals surface area (Å²) in [5.74, 6) is -0.254. The van der Waals surface area contributed by atoms with Gasteiger partial charge in [-0.15, -0.1) is 0 Å². The molecule has 0 aliphatic heterocycles. The first kappa shape index (κ1) is 21.6. The van der Waals surface area contributed by atoms with E-state index >= 15 is 0 Å². The van der Waals surface area contributed by atoms with Gasteiger partial charge in [0.05, 0.1) is 0 Å². The Morgan fingerprint density at radius 3 is 1.55 bits per heavy atom. The van der Waals surface area contributed by atoms with Crippen LogP contribution < -0.4 is 0 Å². The maximum Gasteiger partial charge on any atom is 0.477 e. The molecular formula is C10H18Cl5O4P. The summed E-state index contributed by atoms with van der Waals surface area (Å²) in [6.45, 7) is 6.61. The lowest BCUT2D eigenvalue weighted by Gasteiger charge is -2.26. The first-order valence-electron chi connectivity index (χ1n) is 5.82. The maximum absolute atomic E-state index is 12.5. The van der Waals surface area contributed by atoms with E-state index in [-0.39, 0.29) is 11.8 Å². The van der Waals surface area contributed by atoms with E-state index in [0.717, 1.165) is 0 Å². The Kier molecular flexibility index (Phi) is 9.70. The van der Waals surface area contributed by atoms with Crippen LogP contribution in [0.3, 0.4) is 0 Å². The number of halogens is 5. The molecule has 0 heterocycles. The maximum atomic E-state index is 12.5. The summed E-state index contributed by atoms with van der Waals surface area (Å²) >= 11 is 28.5. The Morgan fingerprint density at radius 2 is 1.30 bits per heavy atom. The minimum Gasteiger partial charge on any atom is -0.282 e. The van der Waals surface area contributed by atoms with Crippen LogP contribution >= 0.6 is 65.8 Å². The summed E-state index contributed by atoms with van der Waals surface area (Å²) in [5, 5.41) is 0. The Bertz CT molecular complexity index is 314. The second kappa shape index (κ2) is 9.00. The summed E-state index contributed by atoms with van der Waals surface area (Å²) in [6, 6.07) is 0. The van der Waals surface area contributed by atoms with Crippen molar-refractivity contribution in [3.8, 4) is 0 Å². The second-order valence-electron chi connectivity index (χ2n) is 4.74. The lowest BCUT2D eigenvalue weighted by molar-refractivity contribution is 0.0726. The van der Waals surface area contributed by atoms with Crippen molar-refractivity contribution in [2.24, 2.45) is 11.8 Å². The molecule has 0 aliphatic carbocycles. The third kappa shape index (κ3) is 9.55. The molecule has 20 heavy (non-hydrogen) atoms. The predicted octanol–water partition coefficient (Wildman–Crippen LogP) is 5.96. The van der Waals surface area contributed by atoms with Crippen molar-refractivity contribution in [2.45, 2.75) is 42.6 Å². The van der Waals surface area contributed by atoms with Gasteiger partial charge in [0.2, 0.25) is 3.79 Å². The Balaban J connectivity index is 4.88. The molecule has 0 unspecified atom stereocenters. The largest absolute Gasteiger partial charge is 0.477 e. The molecule has 0 amide bonds. The molecule has 122 valence electrons. The first-order chi connectivity index (χ1) is 8.86. The molecule has 0 N–H and O–H groups in total. The fourth-order valence-electron chi connectivity index (χ4n) is 0.728. The smallest absolute Gasteiger partial charge is 0.282 e. The topological polar surface area (TPSA) is 44.8 Å². The van der Waals surface area contributed by atoms with E-state index in [1.807, 2.05) is 0 Å². The van der Waals surface area contributed by atoms with Crippen molar-refractivity contribution >= 4 is 65.8 Å². The molecule has 0 aromatic rings. The van der Waals surface area contributed by atoms with Gasteiger partial charge in [-0.3, -0.25) is 13.6 Å². The Labute approximate surface area is 144 Å². The average molecular weight is 410 g/mol. The molecule has 2 atom stereocenters. The highest BCUT2D eigenvalue weighted by atomic mass is 35.6. The van der Waals surface area contributed by atoms with Crippen molar-refractivity contribution in [1.82, 2.24) is 0 Å². The van der Waals surface area contributed by atoms with Crippen LogP contribution in [0.15, 0.2) is 0 Å². The highest BCUT2D eigenvalue weighted by Gasteiger charge is 2.37. The van der Waals surface area contributed by atoms with Gasteiger partial charge >= 0.3 is 7.82 Å². The average Bonchev–Trinajstić information content (AvgIpc) is 2.25. The molecule has 4 nitrogen and oxygen atoms in total. The normalized spacial score (nSPS) is 16.8. The number of phosphoric ester groups is 1. The summed E-state index contributed by atoms with van der Waals surface area (Å²) in [4.78, 5) is 0. The van der Waals surface area contributed by atoms with Gasteiger partial charge in [-0.1, -0.05) is 85.7 Å². The van der Waals surface area contributed by atoms with E-state index < -0.39 is 29.3 Å². The van der Waals surface area contributed by atoms with E-state index in [1.165, 1.54) is 0 Å². The third-order valence-corrected chi connectivity index (χ3v) is 5.07. The molecule has 0 aromatic heterocycles. The number of phosphoric acid groups is 1. The molecule has 0 aliphatic rings. The SMILES string of the molecule is CC(C)[C@@H](Cl)OP(=O)(OCC(Cl)(Cl)Cl)O[C@H](Cl)C(C)C. The van der Waals surface area contributed by atoms with Crippen molar-refractivity contribution in [1.29, 1.82) is 0 Å². The summed E-state index contributed by atoms with van der Waals surface area (Å²) in [7, 11) is -4.05. The number of hydrogen-bond acceptors (Lipinski definition) is 4. The molecule has 0 saturated carbocycles. The van der Waals surface area contributed by atoms with Gasteiger partial charge in [-0.2, -0.15) is 0 Å². The van der Waals surface area contributed by atoms with Crippen LogP contribution in [0.1, 0.15) is 27.7 Å². The van der Waals surface area contributed by atoms with Crippen molar-refractivity contribution in [3.05, 3.63) is 0 Å². The molecule has 0 aromatic carbocycles. The van der Waals surface area contributed by atoms with Gasteiger partial charge in [0, 0.05) is 0 Å². The minimum absolute atomic E-state index is 0.127. The first-order valence-corrected chi connectivity index (χ1v) is 9.29. The van der Waals surface area contributed by atoms with E-state index in [2.05, 4.69) is 0 Å². The van der Waals surface area contributed by atoms with Gasteiger partial charge in [-0.05, 0) is 11.8 Å². The van der Waals surface area contributed by atoms with Crippen LogP contribution in [-0.4, -0.2) is 21.5 Å². The highest BCUT2D eigenvalue weighted by molar-refractivity contribution is 7.48. The molecular weight excluding hydrogens is 392 g/mol. The number of hydrogen-bond donors (Lipinski definition) is 0. The minimum atomic E-state index is -4.05. The molecule has 0 bridgehead atoms. The summed E-state index contributed by atoms with van der Waals surface area (Å²) in [5.41, 5.74) is -1.79. The van der Waals surface area contributed by atoms with Crippen LogP contribution in [0.2, 0.25) is 0 Å². The van der Waals surface area contributed by atoms with Gasteiger partial charge in [0.15, 0.2) is 0 Å².